The van der Waals surface area contributed by atoms with Crippen LogP contribution in [0.4, 0.5) is 0 Å². The van der Waals surface area contributed by atoms with Crippen molar-refractivity contribution >= 4 is 0 Å². The standard InChI is InChI=1S/C4H8O.CH4O.H2O/c1-2-4-5-3-1;1-2;/h1-4H2;2H,1H3;1H2. The van der Waals surface area contributed by atoms with E-state index in [1.165, 1.54) is 12.8 Å². The molecule has 0 spiro atoms. The summed E-state index contributed by atoms with van der Waals surface area (Å²) in [5.74, 6) is 0. The SMILES string of the molecule is C1CCOC1.CO.O. The topological polar surface area (TPSA) is 61.0 Å². The lowest BCUT2D eigenvalue weighted by Gasteiger charge is -1.76. The van der Waals surface area contributed by atoms with Crippen LogP contribution in [0.25, 0.3) is 0 Å². The summed E-state index contributed by atoms with van der Waals surface area (Å²) in [4.78, 5) is 0. The largest absolute Gasteiger partial charge is 0.412 e. The third-order valence-corrected chi connectivity index (χ3v) is 0.827. The normalized spacial score (nSPS) is 15.8. The van der Waals surface area contributed by atoms with Crippen molar-refractivity contribution < 1.29 is 15.3 Å². The van der Waals surface area contributed by atoms with Crippen molar-refractivity contribution in [2.75, 3.05) is 20.3 Å². The van der Waals surface area contributed by atoms with Crippen molar-refractivity contribution in [2.45, 2.75) is 12.8 Å². The Balaban J connectivity index is 0. The molecule has 1 heterocycles. The van der Waals surface area contributed by atoms with Gasteiger partial charge in [-0.05, 0) is 12.8 Å². The van der Waals surface area contributed by atoms with Gasteiger partial charge in [-0.3, -0.25) is 0 Å². The Kier molecular flexibility index (Phi) is 13.5. The minimum Gasteiger partial charge on any atom is -0.412 e. The Morgan fingerprint density at radius 2 is 1.50 bits per heavy atom. The maximum absolute atomic E-state index is 7.00. The molecule has 1 aliphatic rings. The fourth-order valence-electron chi connectivity index (χ4n) is 0.510. The van der Waals surface area contributed by atoms with Crippen molar-refractivity contribution in [2.24, 2.45) is 0 Å². The van der Waals surface area contributed by atoms with Gasteiger partial charge in [0.15, 0.2) is 0 Å². The van der Waals surface area contributed by atoms with Gasteiger partial charge in [0.1, 0.15) is 0 Å². The lowest BCUT2D eigenvalue weighted by Crippen LogP contribution is -1.74. The molecule has 0 aliphatic carbocycles. The minimum absolute atomic E-state index is 0. The van der Waals surface area contributed by atoms with Crippen molar-refractivity contribution in [1.82, 2.24) is 0 Å². The zero-order valence-electron chi connectivity index (χ0n) is 5.18. The van der Waals surface area contributed by atoms with E-state index in [1.807, 2.05) is 0 Å². The summed E-state index contributed by atoms with van der Waals surface area (Å²) in [5.41, 5.74) is 0. The van der Waals surface area contributed by atoms with E-state index in [9.17, 15) is 0 Å². The predicted octanol–water partition coefficient (Wildman–Crippen LogP) is -0.419. The predicted molar refractivity (Wildman–Crippen MR) is 31.8 cm³/mol. The summed E-state index contributed by atoms with van der Waals surface area (Å²) in [6.45, 7) is 2.00. The third-order valence-electron chi connectivity index (χ3n) is 0.827. The van der Waals surface area contributed by atoms with Crippen LogP contribution >= 0.6 is 0 Å². The number of hydrogen-bond acceptors (Lipinski definition) is 2. The fourth-order valence-corrected chi connectivity index (χ4v) is 0.510. The molecule has 1 rings (SSSR count). The number of aliphatic hydroxyl groups is 1. The second kappa shape index (κ2) is 9.99. The molecule has 0 aromatic rings. The lowest BCUT2D eigenvalue weighted by molar-refractivity contribution is 0.198. The van der Waals surface area contributed by atoms with Crippen molar-refractivity contribution in [3.63, 3.8) is 0 Å². The van der Waals surface area contributed by atoms with Gasteiger partial charge in [-0.25, -0.2) is 0 Å². The maximum Gasteiger partial charge on any atom is 0.0466 e. The molecule has 0 amide bonds. The average molecular weight is 122 g/mol. The second-order valence-corrected chi connectivity index (χ2v) is 1.32. The van der Waals surface area contributed by atoms with Crippen LogP contribution in [0.2, 0.25) is 0 Å². The summed E-state index contributed by atoms with van der Waals surface area (Å²) < 4.78 is 4.94. The van der Waals surface area contributed by atoms with Crippen LogP contribution in [0.3, 0.4) is 0 Å². The van der Waals surface area contributed by atoms with Crippen LogP contribution in [0, 0.1) is 0 Å². The van der Waals surface area contributed by atoms with Gasteiger partial charge in [-0.15, -0.1) is 0 Å². The van der Waals surface area contributed by atoms with E-state index in [4.69, 9.17) is 9.84 Å². The molecule has 1 aliphatic heterocycles. The Morgan fingerprint density at radius 1 is 1.12 bits per heavy atom. The molecule has 0 atom stereocenters. The molecule has 3 nitrogen and oxygen atoms in total. The molecule has 3 N–H and O–H groups in total. The molecule has 1 saturated heterocycles. The monoisotopic (exact) mass is 122 g/mol. The molecule has 3 heteroatoms. The molecule has 52 valence electrons. The highest BCUT2D eigenvalue weighted by atomic mass is 16.5. The second-order valence-electron chi connectivity index (χ2n) is 1.32. The Bertz CT molecular complexity index is 19.2. The first kappa shape index (κ1) is 10.8. The molecule has 1 fully saturated rings. The van der Waals surface area contributed by atoms with E-state index in [1.54, 1.807) is 0 Å². The number of rotatable bonds is 0. The van der Waals surface area contributed by atoms with Crippen molar-refractivity contribution in [3.8, 4) is 0 Å². The van der Waals surface area contributed by atoms with Crippen LogP contribution in [0.15, 0.2) is 0 Å². The zero-order chi connectivity index (χ0) is 5.54. The summed E-state index contributed by atoms with van der Waals surface area (Å²) >= 11 is 0. The summed E-state index contributed by atoms with van der Waals surface area (Å²) in [5, 5.41) is 7.00. The Labute approximate surface area is 49.6 Å². The minimum atomic E-state index is 0. The first-order valence-electron chi connectivity index (χ1n) is 2.52. The summed E-state index contributed by atoms with van der Waals surface area (Å²) in [6, 6.07) is 0. The molecular formula is C5H14O3. The third kappa shape index (κ3) is 5.88. The van der Waals surface area contributed by atoms with E-state index >= 15 is 0 Å². The molecule has 0 aromatic carbocycles. The van der Waals surface area contributed by atoms with E-state index in [2.05, 4.69) is 0 Å². The smallest absolute Gasteiger partial charge is 0.0466 e. The van der Waals surface area contributed by atoms with E-state index in [0.29, 0.717) is 0 Å². The highest BCUT2D eigenvalue weighted by molar-refractivity contribution is 4.43. The number of ether oxygens (including phenoxy) is 1. The van der Waals surface area contributed by atoms with Crippen LogP contribution in [0.5, 0.6) is 0 Å². The fraction of sp³-hybridized carbons (Fsp3) is 1.00. The number of aliphatic hydroxyl groups excluding tert-OH is 1. The first-order chi connectivity index (χ1) is 3.50. The van der Waals surface area contributed by atoms with Crippen LogP contribution in [-0.2, 0) is 4.74 Å². The molecule has 0 bridgehead atoms. The van der Waals surface area contributed by atoms with Gasteiger partial charge >= 0.3 is 0 Å². The van der Waals surface area contributed by atoms with Gasteiger partial charge in [0.25, 0.3) is 0 Å². The van der Waals surface area contributed by atoms with Gasteiger partial charge in [-0.2, -0.15) is 0 Å². The van der Waals surface area contributed by atoms with E-state index in [0.717, 1.165) is 20.3 Å². The Hall–Kier alpha value is -0.120. The highest BCUT2D eigenvalue weighted by Gasteiger charge is 1.94. The zero-order valence-corrected chi connectivity index (χ0v) is 5.18. The molecule has 0 radical (unpaired) electrons. The number of hydrogen-bond donors (Lipinski definition) is 1. The van der Waals surface area contributed by atoms with E-state index < -0.39 is 0 Å². The van der Waals surface area contributed by atoms with Crippen LogP contribution in [0.1, 0.15) is 12.8 Å². The quantitative estimate of drug-likeness (QED) is 0.474. The average Bonchev–Trinajstić information content (AvgIpc) is 2.23. The van der Waals surface area contributed by atoms with Gasteiger partial charge in [-0.1, -0.05) is 0 Å². The van der Waals surface area contributed by atoms with Crippen molar-refractivity contribution in [1.29, 1.82) is 0 Å². The summed E-state index contributed by atoms with van der Waals surface area (Å²) in [7, 11) is 1.00. The maximum atomic E-state index is 7.00. The van der Waals surface area contributed by atoms with Gasteiger partial charge < -0.3 is 15.3 Å². The van der Waals surface area contributed by atoms with E-state index in [-0.39, 0.29) is 5.48 Å². The van der Waals surface area contributed by atoms with Crippen molar-refractivity contribution in [3.05, 3.63) is 0 Å². The molecule has 8 heavy (non-hydrogen) atoms. The van der Waals surface area contributed by atoms with Crippen LogP contribution in [-0.4, -0.2) is 30.9 Å². The lowest BCUT2D eigenvalue weighted by atomic mass is 10.4. The Morgan fingerprint density at radius 3 is 1.62 bits per heavy atom. The van der Waals surface area contributed by atoms with Gasteiger partial charge in [0, 0.05) is 20.3 Å². The molecule has 0 aromatic heterocycles. The molecular weight excluding hydrogens is 108 g/mol. The van der Waals surface area contributed by atoms with Gasteiger partial charge in [0.2, 0.25) is 0 Å². The van der Waals surface area contributed by atoms with Gasteiger partial charge in [0.05, 0.1) is 0 Å². The molecule has 0 saturated carbocycles. The highest BCUT2D eigenvalue weighted by Crippen LogP contribution is 1.98. The first-order valence-corrected chi connectivity index (χ1v) is 2.52. The molecule has 0 unspecified atom stereocenters. The summed E-state index contributed by atoms with van der Waals surface area (Å²) in [6.07, 6.45) is 2.56. The van der Waals surface area contributed by atoms with Crippen LogP contribution < -0.4 is 0 Å².